The first-order valence-electron chi connectivity index (χ1n) is 8.67. The molecule has 1 saturated heterocycles. The third kappa shape index (κ3) is 6.62. The van der Waals surface area contributed by atoms with E-state index in [2.05, 4.69) is 41.2 Å². The third-order valence-electron chi connectivity index (χ3n) is 4.45. The summed E-state index contributed by atoms with van der Waals surface area (Å²) in [6.07, 6.45) is 2.50. The largest absolute Gasteiger partial charge is 0.364 e. The van der Waals surface area contributed by atoms with E-state index in [1.54, 1.807) is 6.26 Å². The number of nitrogens with one attached hydrogen (secondary N) is 1. The summed E-state index contributed by atoms with van der Waals surface area (Å²) in [4.78, 5) is 9.11. The fourth-order valence-electron chi connectivity index (χ4n) is 3.04. The molecule has 2 heterocycles. The van der Waals surface area contributed by atoms with E-state index in [1.807, 2.05) is 31.3 Å². The van der Waals surface area contributed by atoms with Crippen LogP contribution in [0.1, 0.15) is 11.3 Å². The van der Waals surface area contributed by atoms with Gasteiger partial charge >= 0.3 is 0 Å². The summed E-state index contributed by atoms with van der Waals surface area (Å²) in [5, 5.41) is 8.20. The molecule has 6 nitrogen and oxygen atoms in total. The highest BCUT2D eigenvalue weighted by Crippen LogP contribution is 2.21. The number of piperazine rings is 1. The molecule has 1 aliphatic heterocycles. The van der Waals surface area contributed by atoms with Crippen LogP contribution in [0.15, 0.2) is 44.5 Å². The molecule has 27 heavy (non-hydrogen) atoms. The molecule has 1 aliphatic rings. The van der Waals surface area contributed by atoms with Crippen LogP contribution < -0.4 is 5.32 Å². The smallest absolute Gasteiger partial charge is 0.193 e. The van der Waals surface area contributed by atoms with E-state index in [-0.39, 0.29) is 24.0 Å². The van der Waals surface area contributed by atoms with E-state index in [0.717, 1.165) is 66.8 Å². The number of hydrogen-bond donors (Lipinski definition) is 1. The molecule has 0 atom stereocenters. The minimum atomic E-state index is 0. The highest BCUT2D eigenvalue weighted by Gasteiger charge is 2.20. The highest BCUT2D eigenvalue weighted by atomic mass is 127. The Kier molecular flexibility index (Phi) is 9.34. The molecular weight excluding hydrogens is 544 g/mol. The predicted octanol–water partition coefficient (Wildman–Crippen LogP) is 3.64. The minimum Gasteiger partial charge on any atom is -0.364 e. The lowest BCUT2D eigenvalue weighted by atomic mass is 10.1. The van der Waals surface area contributed by atoms with Gasteiger partial charge in [0.15, 0.2) is 5.96 Å². The molecule has 0 bridgehead atoms. The average Bonchev–Trinajstić information content (AvgIpc) is 3.15. The Labute approximate surface area is 190 Å². The number of benzene rings is 1. The summed E-state index contributed by atoms with van der Waals surface area (Å²) in [5.74, 6) is 0.948. The van der Waals surface area contributed by atoms with Crippen LogP contribution in [0.5, 0.6) is 0 Å². The molecule has 0 amide bonds. The quantitative estimate of drug-likeness (QED) is 0.339. The lowest BCUT2D eigenvalue weighted by Gasteiger charge is -2.36. The zero-order valence-electron chi connectivity index (χ0n) is 15.2. The fourth-order valence-corrected chi connectivity index (χ4v) is 3.68. The Balaban J connectivity index is 0.00000261. The van der Waals surface area contributed by atoms with Gasteiger partial charge < -0.3 is 14.7 Å². The van der Waals surface area contributed by atoms with Crippen LogP contribution >= 0.6 is 51.5 Å². The van der Waals surface area contributed by atoms with Gasteiger partial charge in [-0.15, -0.1) is 24.0 Å². The number of aromatic nitrogens is 1. The molecule has 0 spiro atoms. The van der Waals surface area contributed by atoms with Gasteiger partial charge in [0.25, 0.3) is 0 Å². The predicted molar refractivity (Wildman–Crippen MR) is 123 cm³/mol. The maximum absolute atomic E-state index is 6.08. The molecule has 3 rings (SSSR count). The maximum Gasteiger partial charge on any atom is 0.193 e. The van der Waals surface area contributed by atoms with Crippen molar-refractivity contribution in [3.8, 4) is 0 Å². The van der Waals surface area contributed by atoms with Gasteiger partial charge in [-0.1, -0.05) is 32.7 Å². The monoisotopic (exact) mass is 567 g/mol. The molecular formula is C18H24BrClIN5O. The van der Waals surface area contributed by atoms with Gasteiger partial charge in [0.05, 0.1) is 5.69 Å². The maximum atomic E-state index is 6.08. The first-order valence-corrected chi connectivity index (χ1v) is 9.84. The second-order valence-corrected chi connectivity index (χ2v) is 7.50. The summed E-state index contributed by atoms with van der Waals surface area (Å²) in [6, 6.07) is 7.79. The van der Waals surface area contributed by atoms with Crippen LogP contribution in [0.3, 0.4) is 0 Å². The Morgan fingerprint density at radius 2 is 2.07 bits per heavy atom. The van der Waals surface area contributed by atoms with Crippen molar-refractivity contribution in [2.45, 2.75) is 13.0 Å². The van der Waals surface area contributed by atoms with Gasteiger partial charge in [0, 0.05) is 61.9 Å². The fraction of sp³-hybridized carbons (Fsp3) is 0.444. The van der Waals surface area contributed by atoms with Gasteiger partial charge in [-0.3, -0.25) is 9.89 Å². The number of rotatable bonds is 5. The van der Waals surface area contributed by atoms with Crippen molar-refractivity contribution in [1.82, 2.24) is 20.3 Å². The van der Waals surface area contributed by atoms with Gasteiger partial charge in [-0.05, 0) is 30.2 Å². The topological polar surface area (TPSA) is 56.9 Å². The molecule has 1 aromatic heterocycles. The summed E-state index contributed by atoms with van der Waals surface area (Å²) in [7, 11) is 1.83. The van der Waals surface area contributed by atoms with Gasteiger partial charge in [0.1, 0.15) is 6.26 Å². The molecule has 0 radical (unpaired) electrons. The van der Waals surface area contributed by atoms with Crippen LogP contribution in [0, 0.1) is 0 Å². The normalized spacial score (nSPS) is 15.5. The van der Waals surface area contributed by atoms with Crippen LogP contribution in [-0.4, -0.2) is 60.7 Å². The Morgan fingerprint density at radius 3 is 2.74 bits per heavy atom. The molecule has 9 heteroatoms. The molecule has 1 fully saturated rings. The first-order chi connectivity index (χ1) is 12.7. The van der Waals surface area contributed by atoms with Crippen molar-refractivity contribution in [2.75, 3.05) is 39.8 Å². The van der Waals surface area contributed by atoms with Crippen molar-refractivity contribution < 1.29 is 4.52 Å². The van der Waals surface area contributed by atoms with E-state index >= 15 is 0 Å². The molecule has 0 saturated carbocycles. The van der Waals surface area contributed by atoms with E-state index in [9.17, 15) is 0 Å². The molecule has 0 aliphatic carbocycles. The summed E-state index contributed by atoms with van der Waals surface area (Å²) >= 11 is 9.66. The third-order valence-corrected chi connectivity index (χ3v) is 5.45. The van der Waals surface area contributed by atoms with Gasteiger partial charge in [-0.2, -0.15) is 0 Å². The number of halogens is 3. The van der Waals surface area contributed by atoms with Crippen molar-refractivity contribution >= 4 is 57.5 Å². The van der Waals surface area contributed by atoms with Crippen LogP contribution in [0.4, 0.5) is 0 Å². The molecule has 1 aromatic carbocycles. The van der Waals surface area contributed by atoms with Crippen LogP contribution in [0.25, 0.3) is 0 Å². The van der Waals surface area contributed by atoms with E-state index in [1.165, 1.54) is 5.56 Å². The van der Waals surface area contributed by atoms with Gasteiger partial charge in [0.2, 0.25) is 0 Å². The number of aliphatic imine (C=N–C) groups is 1. The van der Waals surface area contributed by atoms with Gasteiger partial charge in [-0.25, -0.2) is 0 Å². The van der Waals surface area contributed by atoms with E-state index in [0.29, 0.717) is 0 Å². The van der Waals surface area contributed by atoms with Crippen molar-refractivity contribution in [1.29, 1.82) is 0 Å². The number of guanidine groups is 1. The van der Waals surface area contributed by atoms with E-state index < -0.39 is 0 Å². The first kappa shape index (κ1) is 22.4. The number of hydrogen-bond acceptors (Lipinski definition) is 4. The molecule has 0 unspecified atom stereocenters. The average molecular weight is 569 g/mol. The number of nitrogens with zero attached hydrogens (tertiary/aromatic N) is 4. The Bertz CT molecular complexity index is 735. The van der Waals surface area contributed by atoms with Crippen molar-refractivity contribution in [2.24, 2.45) is 4.99 Å². The standard InChI is InChI=1S/C18H23BrClN5O.HI/c1-21-18(22-6-4-14-12-15(20)2-3-17(14)19)25-9-7-24(8-10-25)13-16-5-11-26-23-16;/h2-3,5,11-12H,4,6-10,13H2,1H3,(H,21,22);1H. The second-order valence-electron chi connectivity index (χ2n) is 6.21. The lowest BCUT2D eigenvalue weighted by molar-refractivity contribution is 0.169. The Morgan fingerprint density at radius 1 is 1.30 bits per heavy atom. The summed E-state index contributed by atoms with van der Waals surface area (Å²) < 4.78 is 5.98. The van der Waals surface area contributed by atoms with Crippen LogP contribution in [-0.2, 0) is 13.0 Å². The molecule has 1 N–H and O–H groups in total. The summed E-state index contributed by atoms with van der Waals surface area (Å²) in [5.41, 5.74) is 2.17. The van der Waals surface area contributed by atoms with E-state index in [4.69, 9.17) is 16.1 Å². The molecule has 148 valence electrons. The lowest BCUT2D eigenvalue weighted by Crippen LogP contribution is -2.52. The second kappa shape index (κ2) is 11.2. The zero-order valence-corrected chi connectivity index (χ0v) is 19.9. The Hall–Kier alpha value is -0.840. The SMILES string of the molecule is CN=C(NCCc1cc(Cl)ccc1Br)N1CCN(Cc2ccon2)CC1.I. The minimum absolute atomic E-state index is 0. The molecule has 2 aromatic rings. The van der Waals surface area contributed by atoms with Crippen LogP contribution in [0.2, 0.25) is 5.02 Å². The summed E-state index contributed by atoms with van der Waals surface area (Å²) in [6.45, 7) is 5.49. The highest BCUT2D eigenvalue weighted by molar-refractivity contribution is 14.0. The van der Waals surface area contributed by atoms with Crippen molar-refractivity contribution in [3.05, 3.63) is 51.3 Å². The van der Waals surface area contributed by atoms with Crippen molar-refractivity contribution in [3.63, 3.8) is 0 Å². The zero-order chi connectivity index (χ0) is 18.4.